The predicted octanol–water partition coefficient (Wildman–Crippen LogP) is 4.30. The fraction of sp³-hybridized carbons (Fsp3) is 0.409. The monoisotopic (exact) mass is 416 g/mol. The Morgan fingerprint density at radius 2 is 1.62 bits per heavy atom. The van der Waals surface area contributed by atoms with Gasteiger partial charge in [0.25, 0.3) is 11.8 Å². The summed E-state index contributed by atoms with van der Waals surface area (Å²) in [7, 11) is 0. The maximum absolute atomic E-state index is 12.4. The summed E-state index contributed by atoms with van der Waals surface area (Å²) in [5.41, 5.74) is 0.905. The van der Waals surface area contributed by atoms with Crippen LogP contribution in [0.5, 0.6) is 0 Å². The largest absolute Gasteiger partial charge is 0.452 e. The number of thiophene rings is 1. The zero-order valence-electron chi connectivity index (χ0n) is 17.3. The second-order valence-electron chi connectivity index (χ2n) is 7.67. The number of carbonyl (C=O) groups excluding carboxylic acids is 3. The molecule has 156 valence electrons. The molecule has 0 saturated carbocycles. The fourth-order valence-corrected chi connectivity index (χ4v) is 3.37. The SMILES string of the molecule is CC(C)CN(CC(C)C)C(=O)COC(=O)c1ccc(NC(=O)c2cccs2)cc1. The summed E-state index contributed by atoms with van der Waals surface area (Å²) >= 11 is 1.35. The van der Waals surface area contributed by atoms with Gasteiger partial charge in [-0.25, -0.2) is 4.79 Å². The first kappa shape index (κ1) is 22.6. The first-order valence-electron chi connectivity index (χ1n) is 9.66. The number of hydrogen-bond donors (Lipinski definition) is 1. The lowest BCUT2D eigenvalue weighted by Gasteiger charge is -2.26. The van der Waals surface area contributed by atoms with Crippen LogP contribution < -0.4 is 5.32 Å². The molecule has 0 unspecified atom stereocenters. The van der Waals surface area contributed by atoms with Crippen LogP contribution in [0.2, 0.25) is 0 Å². The highest BCUT2D eigenvalue weighted by Gasteiger charge is 2.18. The molecular weight excluding hydrogens is 388 g/mol. The molecule has 2 amide bonds. The van der Waals surface area contributed by atoms with Crippen molar-refractivity contribution in [3.05, 3.63) is 52.2 Å². The Hall–Kier alpha value is -2.67. The van der Waals surface area contributed by atoms with Gasteiger partial charge in [-0.15, -0.1) is 11.3 Å². The van der Waals surface area contributed by atoms with E-state index < -0.39 is 5.97 Å². The van der Waals surface area contributed by atoms with E-state index in [-0.39, 0.29) is 18.4 Å². The van der Waals surface area contributed by atoms with Crippen molar-refractivity contribution in [2.24, 2.45) is 11.8 Å². The quantitative estimate of drug-likeness (QED) is 0.619. The Bertz CT molecular complexity index is 804. The Kier molecular flexibility index (Phi) is 8.39. The van der Waals surface area contributed by atoms with Crippen LogP contribution in [0.15, 0.2) is 41.8 Å². The minimum absolute atomic E-state index is 0.194. The highest BCUT2D eigenvalue weighted by molar-refractivity contribution is 7.12. The number of nitrogens with one attached hydrogen (secondary N) is 1. The smallest absolute Gasteiger partial charge is 0.338 e. The lowest BCUT2D eigenvalue weighted by atomic mass is 10.1. The van der Waals surface area contributed by atoms with Crippen LogP contribution in [-0.2, 0) is 9.53 Å². The molecular formula is C22H28N2O4S. The number of rotatable bonds is 9. The normalized spacial score (nSPS) is 10.8. The van der Waals surface area contributed by atoms with Gasteiger partial charge in [0.1, 0.15) is 0 Å². The van der Waals surface area contributed by atoms with Crippen LogP contribution in [0.3, 0.4) is 0 Å². The summed E-state index contributed by atoms with van der Waals surface area (Å²) in [6.45, 7) is 9.17. The van der Waals surface area contributed by atoms with E-state index in [0.717, 1.165) is 0 Å². The predicted molar refractivity (Wildman–Crippen MR) is 115 cm³/mol. The van der Waals surface area contributed by atoms with Crippen LogP contribution in [0.25, 0.3) is 0 Å². The molecule has 0 atom stereocenters. The van der Waals surface area contributed by atoms with E-state index in [1.54, 1.807) is 35.2 Å². The van der Waals surface area contributed by atoms with E-state index in [9.17, 15) is 14.4 Å². The molecule has 2 aromatic rings. The van der Waals surface area contributed by atoms with Crippen molar-refractivity contribution in [1.82, 2.24) is 4.90 Å². The lowest BCUT2D eigenvalue weighted by molar-refractivity contribution is -0.135. The van der Waals surface area contributed by atoms with E-state index in [4.69, 9.17) is 4.74 Å². The average Bonchev–Trinajstić information content (AvgIpc) is 3.20. The molecule has 0 bridgehead atoms. The van der Waals surface area contributed by atoms with Crippen LogP contribution in [0, 0.1) is 11.8 Å². The van der Waals surface area contributed by atoms with Gasteiger partial charge in [0, 0.05) is 18.8 Å². The van der Waals surface area contributed by atoms with E-state index >= 15 is 0 Å². The summed E-state index contributed by atoms with van der Waals surface area (Å²) in [5.74, 6) is -0.281. The van der Waals surface area contributed by atoms with Crippen molar-refractivity contribution in [2.75, 3.05) is 25.0 Å². The standard InChI is InChI=1S/C22H28N2O4S/c1-15(2)12-24(13-16(3)4)20(25)14-28-22(27)17-7-9-18(10-8-17)23-21(26)19-6-5-11-29-19/h5-11,15-16H,12-14H2,1-4H3,(H,23,26). The molecule has 6 nitrogen and oxygen atoms in total. The third-order valence-corrected chi connectivity index (χ3v) is 4.84. The van der Waals surface area contributed by atoms with Crippen molar-refractivity contribution in [2.45, 2.75) is 27.7 Å². The van der Waals surface area contributed by atoms with Gasteiger partial charge >= 0.3 is 5.97 Å². The number of nitrogens with zero attached hydrogens (tertiary/aromatic N) is 1. The highest BCUT2D eigenvalue weighted by Crippen LogP contribution is 2.15. The summed E-state index contributed by atoms with van der Waals surface area (Å²) in [6, 6.07) is 9.95. The van der Waals surface area contributed by atoms with Crippen LogP contribution in [0.1, 0.15) is 47.7 Å². The molecule has 29 heavy (non-hydrogen) atoms. The summed E-state index contributed by atoms with van der Waals surface area (Å²) in [6.07, 6.45) is 0. The van der Waals surface area contributed by atoms with Crippen molar-refractivity contribution in [1.29, 1.82) is 0 Å². The minimum Gasteiger partial charge on any atom is -0.452 e. The minimum atomic E-state index is -0.566. The number of amides is 2. The van der Waals surface area contributed by atoms with E-state index in [0.29, 0.717) is 41.1 Å². The molecule has 2 rings (SSSR count). The van der Waals surface area contributed by atoms with Crippen molar-refractivity contribution >= 4 is 34.8 Å². The van der Waals surface area contributed by atoms with Gasteiger partial charge in [0.15, 0.2) is 6.61 Å². The number of benzene rings is 1. The molecule has 7 heteroatoms. The number of esters is 1. The number of hydrogen-bond acceptors (Lipinski definition) is 5. The van der Waals surface area contributed by atoms with Crippen molar-refractivity contribution in [3.8, 4) is 0 Å². The summed E-state index contributed by atoms with van der Waals surface area (Å²) in [4.78, 5) is 39.1. The molecule has 1 aromatic heterocycles. The average molecular weight is 417 g/mol. The third-order valence-electron chi connectivity index (χ3n) is 3.97. The summed E-state index contributed by atoms with van der Waals surface area (Å²) in [5, 5.41) is 4.60. The maximum atomic E-state index is 12.4. The van der Waals surface area contributed by atoms with E-state index in [1.165, 1.54) is 11.3 Å². The van der Waals surface area contributed by atoms with Gasteiger partial charge in [-0.2, -0.15) is 0 Å². The van der Waals surface area contributed by atoms with Gasteiger partial charge < -0.3 is 15.0 Å². The number of ether oxygens (including phenoxy) is 1. The second kappa shape index (κ2) is 10.8. The topological polar surface area (TPSA) is 75.7 Å². The molecule has 0 aliphatic rings. The molecule has 0 spiro atoms. The molecule has 1 N–H and O–H groups in total. The van der Waals surface area contributed by atoms with Gasteiger partial charge in [-0.05, 0) is 47.5 Å². The first-order valence-corrected chi connectivity index (χ1v) is 10.5. The molecule has 0 radical (unpaired) electrons. The molecule has 1 heterocycles. The van der Waals surface area contributed by atoms with Crippen LogP contribution >= 0.6 is 11.3 Å². The molecule has 0 aliphatic heterocycles. The van der Waals surface area contributed by atoms with E-state index in [1.807, 2.05) is 39.1 Å². The van der Waals surface area contributed by atoms with Gasteiger partial charge in [0.2, 0.25) is 0 Å². The Morgan fingerprint density at radius 1 is 1.00 bits per heavy atom. The fourth-order valence-electron chi connectivity index (χ4n) is 2.75. The Balaban J connectivity index is 1.89. The Morgan fingerprint density at radius 3 is 2.14 bits per heavy atom. The first-order chi connectivity index (χ1) is 13.8. The van der Waals surface area contributed by atoms with Crippen molar-refractivity contribution in [3.63, 3.8) is 0 Å². The van der Waals surface area contributed by atoms with Crippen LogP contribution in [0.4, 0.5) is 5.69 Å². The van der Waals surface area contributed by atoms with Gasteiger partial charge in [0.05, 0.1) is 10.4 Å². The van der Waals surface area contributed by atoms with Crippen molar-refractivity contribution < 1.29 is 19.1 Å². The maximum Gasteiger partial charge on any atom is 0.338 e. The zero-order chi connectivity index (χ0) is 21.4. The van der Waals surface area contributed by atoms with Crippen LogP contribution in [-0.4, -0.2) is 42.4 Å². The Labute approximate surface area is 175 Å². The van der Waals surface area contributed by atoms with Gasteiger partial charge in [-0.3, -0.25) is 9.59 Å². The lowest BCUT2D eigenvalue weighted by Crippen LogP contribution is -2.39. The zero-order valence-corrected chi connectivity index (χ0v) is 18.1. The molecule has 1 aromatic carbocycles. The second-order valence-corrected chi connectivity index (χ2v) is 8.62. The number of carbonyl (C=O) groups is 3. The molecule has 0 fully saturated rings. The highest BCUT2D eigenvalue weighted by atomic mass is 32.1. The number of anilines is 1. The van der Waals surface area contributed by atoms with Gasteiger partial charge in [-0.1, -0.05) is 33.8 Å². The molecule has 0 saturated heterocycles. The molecule has 0 aliphatic carbocycles. The van der Waals surface area contributed by atoms with E-state index in [2.05, 4.69) is 5.32 Å². The summed E-state index contributed by atoms with van der Waals surface area (Å²) < 4.78 is 5.20. The third kappa shape index (κ3) is 7.34.